The fourth-order valence-electron chi connectivity index (χ4n) is 0.573. The molecular weight excluding hydrogens is 124 g/mol. The van der Waals surface area contributed by atoms with Crippen LogP contribution in [0.4, 0.5) is 0 Å². The van der Waals surface area contributed by atoms with Crippen LogP contribution in [-0.2, 0) is 4.79 Å². The smallest absolute Gasteiger partial charge is 0.240 e. The van der Waals surface area contributed by atoms with Crippen LogP contribution in [0.15, 0.2) is 0 Å². The SMILES string of the molecule is CSC1NC(=O)C1N. The summed E-state index contributed by atoms with van der Waals surface area (Å²) in [6, 6.07) is -0.273. The molecule has 3 nitrogen and oxygen atoms in total. The Hall–Kier alpha value is -0.220. The fraction of sp³-hybridized carbons (Fsp3) is 0.750. The molecule has 2 atom stereocenters. The van der Waals surface area contributed by atoms with E-state index < -0.39 is 0 Å². The van der Waals surface area contributed by atoms with Gasteiger partial charge in [-0.3, -0.25) is 4.79 Å². The van der Waals surface area contributed by atoms with Gasteiger partial charge >= 0.3 is 0 Å². The van der Waals surface area contributed by atoms with Gasteiger partial charge in [-0.15, -0.1) is 11.8 Å². The lowest BCUT2D eigenvalue weighted by atomic mass is 10.2. The molecule has 46 valence electrons. The van der Waals surface area contributed by atoms with E-state index in [2.05, 4.69) is 5.32 Å². The predicted octanol–water partition coefficient (Wildman–Crippen LogP) is -0.867. The minimum atomic E-state index is -0.273. The summed E-state index contributed by atoms with van der Waals surface area (Å²) in [5.74, 6) is -0.0376. The summed E-state index contributed by atoms with van der Waals surface area (Å²) in [4.78, 5) is 10.4. The third-order valence-corrected chi connectivity index (χ3v) is 2.09. The second kappa shape index (κ2) is 1.95. The molecule has 1 aliphatic rings. The van der Waals surface area contributed by atoms with Crippen molar-refractivity contribution in [2.45, 2.75) is 11.4 Å². The first-order chi connectivity index (χ1) is 3.75. The first-order valence-corrected chi connectivity index (χ1v) is 3.63. The van der Waals surface area contributed by atoms with Crippen molar-refractivity contribution in [3.05, 3.63) is 0 Å². The molecule has 4 heteroatoms. The van der Waals surface area contributed by atoms with Crippen LogP contribution in [0.25, 0.3) is 0 Å². The summed E-state index contributed by atoms with van der Waals surface area (Å²) >= 11 is 1.57. The molecule has 0 aromatic heterocycles. The zero-order chi connectivity index (χ0) is 6.15. The molecule has 0 saturated carbocycles. The van der Waals surface area contributed by atoms with Crippen molar-refractivity contribution >= 4 is 17.7 Å². The van der Waals surface area contributed by atoms with Crippen LogP contribution < -0.4 is 11.1 Å². The third kappa shape index (κ3) is 0.695. The van der Waals surface area contributed by atoms with Gasteiger partial charge in [0.2, 0.25) is 5.91 Å². The van der Waals surface area contributed by atoms with Crippen molar-refractivity contribution in [1.29, 1.82) is 0 Å². The number of hydrogen-bond donors (Lipinski definition) is 2. The number of hydrogen-bond acceptors (Lipinski definition) is 3. The van der Waals surface area contributed by atoms with Gasteiger partial charge in [-0.1, -0.05) is 0 Å². The highest BCUT2D eigenvalue weighted by Gasteiger charge is 2.34. The highest BCUT2D eigenvalue weighted by atomic mass is 32.2. The zero-order valence-corrected chi connectivity index (χ0v) is 5.37. The average molecular weight is 132 g/mol. The highest BCUT2D eigenvalue weighted by molar-refractivity contribution is 7.99. The van der Waals surface area contributed by atoms with Gasteiger partial charge in [0.1, 0.15) is 6.04 Å². The lowest BCUT2D eigenvalue weighted by Gasteiger charge is -2.31. The van der Waals surface area contributed by atoms with E-state index in [1.165, 1.54) is 0 Å². The van der Waals surface area contributed by atoms with Crippen LogP contribution in [0.5, 0.6) is 0 Å². The average Bonchev–Trinajstić information content (AvgIpc) is 1.81. The van der Waals surface area contributed by atoms with Gasteiger partial charge in [0.05, 0.1) is 5.37 Å². The van der Waals surface area contributed by atoms with E-state index in [9.17, 15) is 4.79 Å². The second-order valence-electron chi connectivity index (χ2n) is 1.69. The molecule has 2 unspecified atom stereocenters. The van der Waals surface area contributed by atoms with E-state index >= 15 is 0 Å². The molecule has 1 fully saturated rings. The number of thioether (sulfide) groups is 1. The van der Waals surface area contributed by atoms with E-state index in [0.29, 0.717) is 0 Å². The minimum absolute atomic E-state index is 0.0376. The summed E-state index contributed by atoms with van der Waals surface area (Å²) in [5.41, 5.74) is 5.34. The van der Waals surface area contributed by atoms with Crippen LogP contribution in [0.1, 0.15) is 0 Å². The molecule has 1 aliphatic heterocycles. The molecule has 0 bridgehead atoms. The molecule has 0 aromatic carbocycles. The van der Waals surface area contributed by atoms with Gasteiger partial charge in [0.15, 0.2) is 0 Å². The maximum Gasteiger partial charge on any atom is 0.240 e. The number of nitrogens with two attached hydrogens (primary N) is 1. The molecule has 0 radical (unpaired) electrons. The normalized spacial score (nSPS) is 36.0. The number of carbonyl (C=O) groups is 1. The maximum absolute atomic E-state index is 10.4. The predicted molar refractivity (Wildman–Crippen MR) is 33.4 cm³/mol. The van der Waals surface area contributed by atoms with Crippen molar-refractivity contribution in [2.24, 2.45) is 5.73 Å². The summed E-state index contributed by atoms with van der Waals surface area (Å²) in [6.07, 6.45) is 1.92. The largest absolute Gasteiger partial charge is 0.341 e. The van der Waals surface area contributed by atoms with E-state index in [4.69, 9.17) is 5.73 Å². The summed E-state index contributed by atoms with van der Waals surface area (Å²) < 4.78 is 0. The molecule has 0 aromatic rings. The quantitative estimate of drug-likeness (QED) is 0.456. The molecule has 1 heterocycles. The van der Waals surface area contributed by atoms with Gasteiger partial charge in [-0.05, 0) is 6.26 Å². The van der Waals surface area contributed by atoms with Crippen molar-refractivity contribution in [2.75, 3.05) is 6.26 Å². The van der Waals surface area contributed by atoms with Crippen molar-refractivity contribution < 1.29 is 4.79 Å². The topological polar surface area (TPSA) is 55.1 Å². The Morgan fingerprint density at radius 3 is 2.62 bits per heavy atom. The second-order valence-corrected chi connectivity index (χ2v) is 2.67. The van der Waals surface area contributed by atoms with E-state index in [-0.39, 0.29) is 17.3 Å². The first kappa shape index (κ1) is 5.91. The zero-order valence-electron chi connectivity index (χ0n) is 4.55. The highest BCUT2D eigenvalue weighted by Crippen LogP contribution is 2.13. The van der Waals surface area contributed by atoms with E-state index in [1.807, 2.05) is 6.26 Å². The third-order valence-electron chi connectivity index (χ3n) is 1.17. The summed E-state index contributed by atoms with van der Waals surface area (Å²) in [7, 11) is 0. The Labute approximate surface area is 52.0 Å². The van der Waals surface area contributed by atoms with E-state index in [0.717, 1.165) is 0 Å². The standard InChI is InChI=1S/C4H8N2OS/c1-8-4-2(5)3(7)6-4/h2,4H,5H2,1H3,(H,6,7). The number of β-lactam (4-membered cyclic amide) rings is 1. The van der Waals surface area contributed by atoms with Crippen molar-refractivity contribution in [1.82, 2.24) is 5.32 Å². The Morgan fingerprint density at radius 2 is 2.50 bits per heavy atom. The van der Waals surface area contributed by atoms with Gasteiger partial charge in [0.25, 0.3) is 0 Å². The number of nitrogens with one attached hydrogen (secondary N) is 1. The lowest BCUT2D eigenvalue weighted by Crippen LogP contribution is -2.64. The number of carbonyl (C=O) groups excluding carboxylic acids is 1. The van der Waals surface area contributed by atoms with Gasteiger partial charge in [-0.25, -0.2) is 0 Å². The van der Waals surface area contributed by atoms with E-state index in [1.54, 1.807) is 11.8 Å². The molecule has 1 amide bonds. The first-order valence-electron chi connectivity index (χ1n) is 2.34. The number of amides is 1. The molecule has 3 N–H and O–H groups in total. The summed E-state index contributed by atoms with van der Waals surface area (Å²) in [6.45, 7) is 0. The monoisotopic (exact) mass is 132 g/mol. The van der Waals surface area contributed by atoms with Crippen LogP contribution in [0.3, 0.4) is 0 Å². The molecule has 8 heavy (non-hydrogen) atoms. The Morgan fingerprint density at radius 1 is 1.88 bits per heavy atom. The van der Waals surface area contributed by atoms with Crippen LogP contribution in [-0.4, -0.2) is 23.6 Å². The molecule has 0 spiro atoms. The molecular formula is C4H8N2OS. The lowest BCUT2D eigenvalue weighted by molar-refractivity contribution is -0.128. The Bertz CT molecular complexity index is 117. The Kier molecular flexibility index (Phi) is 1.44. The van der Waals surface area contributed by atoms with Crippen LogP contribution in [0.2, 0.25) is 0 Å². The molecule has 1 rings (SSSR count). The van der Waals surface area contributed by atoms with Crippen molar-refractivity contribution in [3.63, 3.8) is 0 Å². The summed E-state index contributed by atoms with van der Waals surface area (Å²) in [5, 5.41) is 2.80. The van der Waals surface area contributed by atoms with Gasteiger partial charge in [-0.2, -0.15) is 0 Å². The number of rotatable bonds is 1. The maximum atomic E-state index is 10.4. The van der Waals surface area contributed by atoms with Gasteiger partial charge in [0, 0.05) is 0 Å². The minimum Gasteiger partial charge on any atom is -0.341 e. The molecule has 1 saturated heterocycles. The van der Waals surface area contributed by atoms with Gasteiger partial charge < -0.3 is 11.1 Å². The van der Waals surface area contributed by atoms with Crippen molar-refractivity contribution in [3.8, 4) is 0 Å². The van der Waals surface area contributed by atoms with Crippen LogP contribution >= 0.6 is 11.8 Å². The van der Waals surface area contributed by atoms with Crippen LogP contribution in [0, 0.1) is 0 Å². The Balaban J connectivity index is 2.35. The molecule has 0 aliphatic carbocycles. The fourth-order valence-corrected chi connectivity index (χ4v) is 1.22.